The second-order valence-electron chi connectivity index (χ2n) is 10.4. The van der Waals surface area contributed by atoms with Crippen LogP contribution in [-0.2, 0) is 25.1 Å². The number of ether oxygens (including phenoxy) is 4. The third-order valence-corrected chi connectivity index (χ3v) is 7.51. The van der Waals surface area contributed by atoms with Crippen LogP contribution in [0.15, 0.2) is 67.1 Å². The van der Waals surface area contributed by atoms with Crippen LogP contribution in [0.3, 0.4) is 0 Å². The number of rotatable bonds is 6. The van der Waals surface area contributed by atoms with E-state index in [1.807, 2.05) is 0 Å². The lowest BCUT2D eigenvalue weighted by molar-refractivity contribution is -0.384. The highest BCUT2D eigenvalue weighted by Crippen LogP contribution is 2.48. The lowest BCUT2D eigenvalue weighted by Crippen LogP contribution is -2.36. The van der Waals surface area contributed by atoms with E-state index in [9.17, 15) is 28.1 Å². The van der Waals surface area contributed by atoms with E-state index >= 15 is 0 Å². The molecule has 2 aromatic heterocycles. The molecule has 2 aliphatic rings. The molecule has 224 valence electrons. The molecule has 43 heavy (non-hydrogen) atoms. The highest BCUT2D eigenvalue weighted by atomic mass is 35.5. The summed E-state index contributed by atoms with van der Waals surface area (Å²) in [5.41, 5.74) is -0.505. The Kier molecular flexibility index (Phi) is 7.12. The lowest BCUT2D eigenvalue weighted by Gasteiger charge is -2.29. The van der Waals surface area contributed by atoms with Crippen molar-refractivity contribution in [2.45, 2.75) is 56.5 Å². The van der Waals surface area contributed by atoms with Gasteiger partial charge in [0.15, 0.2) is 18.1 Å². The van der Waals surface area contributed by atoms with Gasteiger partial charge in [0.2, 0.25) is 0 Å². The van der Waals surface area contributed by atoms with Crippen molar-refractivity contribution in [3.8, 4) is 0 Å². The number of carbonyl (C=O) groups is 1. The smallest absolute Gasteiger partial charge is 0.416 e. The molecule has 0 spiro atoms. The van der Waals surface area contributed by atoms with Gasteiger partial charge in [0.25, 0.3) is 5.69 Å². The first-order valence-electron chi connectivity index (χ1n) is 12.9. The summed E-state index contributed by atoms with van der Waals surface area (Å²) in [6.07, 6.45) is -6.42. The van der Waals surface area contributed by atoms with E-state index in [1.54, 1.807) is 30.7 Å². The van der Waals surface area contributed by atoms with Crippen molar-refractivity contribution in [2.75, 3.05) is 0 Å². The number of nitro benzene ring substituents is 1. The zero-order valence-electron chi connectivity index (χ0n) is 22.4. The molecule has 15 heteroatoms. The molecular weight excluding hydrogens is 597 g/mol. The molecule has 6 rings (SSSR count). The largest absolute Gasteiger partial charge is 0.451 e. The number of alkyl halides is 3. The summed E-state index contributed by atoms with van der Waals surface area (Å²) in [4.78, 5) is 32.0. The summed E-state index contributed by atoms with van der Waals surface area (Å²) < 4.78 is 66.4. The molecule has 4 aromatic rings. The molecule has 11 nitrogen and oxygen atoms in total. The Morgan fingerprint density at radius 2 is 1.74 bits per heavy atom. The van der Waals surface area contributed by atoms with Gasteiger partial charge in [-0.3, -0.25) is 10.1 Å². The second kappa shape index (κ2) is 10.6. The van der Waals surface area contributed by atoms with Crippen molar-refractivity contribution in [1.82, 2.24) is 14.5 Å². The fraction of sp³-hybridized carbons (Fsp3) is 0.321. The Morgan fingerprint density at radius 1 is 1.07 bits per heavy atom. The van der Waals surface area contributed by atoms with Crippen LogP contribution in [-0.4, -0.2) is 49.5 Å². The van der Waals surface area contributed by atoms with E-state index in [-0.39, 0.29) is 22.0 Å². The summed E-state index contributed by atoms with van der Waals surface area (Å²) in [7, 11) is 0. The summed E-state index contributed by atoms with van der Waals surface area (Å²) in [6.45, 7) is 3.39. The molecule has 0 N–H and O–H groups in total. The fourth-order valence-electron chi connectivity index (χ4n) is 5.31. The van der Waals surface area contributed by atoms with Gasteiger partial charge in [-0.05, 0) is 49.7 Å². The van der Waals surface area contributed by atoms with Gasteiger partial charge in [0, 0.05) is 18.3 Å². The van der Waals surface area contributed by atoms with E-state index in [0.717, 1.165) is 24.3 Å². The number of nitro groups is 1. The molecule has 5 atom stereocenters. The summed E-state index contributed by atoms with van der Waals surface area (Å²) in [6, 6.07) is 10.6. The number of hydrogen-bond acceptors (Lipinski definition) is 9. The van der Waals surface area contributed by atoms with E-state index in [1.165, 1.54) is 30.6 Å². The minimum atomic E-state index is -4.59. The quantitative estimate of drug-likeness (QED) is 0.110. The molecule has 2 aliphatic heterocycles. The number of nitrogens with zero attached hydrogens (tertiary/aromatic N) is 4. The standard InChI is InChI=1S/C28H22ClF3N4O7/c1-27(2)42-21-20(40-25(22(21)43-27)35-12-11-18-23(29)33-13-34-24(18)35)19(14-3-7-16(8-4-14)28(30,31)32)41-26(37)15-5-9-17(10-6-15)36(38)39/h3-13,19-22,25H,1-2H3/t19?,20-,21-,22-,25-/m1/s1. The average Bonchev–Trinajstić information content (AvgIpc) is 3.62. The van der Waals surface area contributed by atoms with Crippen molar-refractivity contribution >= 4 is 34.3 Å². The SMILES string of the molecule is CC1(C)O[C@@H]2[C@H](O1)[C@@H](C(OC(=O)c1ccc([N+](=O)[O-])cc1)c1ccc(C(F)(F)F)cc1)O[C@H]2n1ccc2c(Cl)ncnc21. The Labute approximate surface area is 246 Å². The Bertz CT molecular complexity index is 1700. The van der Waals surface area contributed by atoms with Crippen molar-refractivity contribution in [3.05, 3.63) is 99.1 Å². The van der Waals surface area contributed by atoms with Gasteiger partial charge in [-0.2, -0.15) is 13.2 Å². The highest BCUT2D eigenvalue weighted by molar-refractivity contribution is 6.33. The minimum absolute atomic E-state index is 0.0136. The molecule has 0 aliphatic carbocycles. The number of carbonyl (C=O) groups excluding carboxylic acids is 1. The van der Waals surface area contributed by atoms with E-state index in [4.69, 9.17) is 30.5 Å². The van der Waals surface area contributed by atoms with Crippen LogP contribution in [0.2, 0.25) is 5.15 Å². The Hall–Kier alpha value is -4.11. The van der Waals surface area contributed by atoms with Gasteiger partial charge in [0.05, 0.1) is 21.4 Å². The van der Waals surface area contributed by atoms with Gasteiger partial charge in [0.1, 0.15) is 35.4 Å². The zero-order chi connectivity index (χ0) is 30.7. The van der Waals surface area contributed by atoms with Crippen LogP contribution in [0.5, 0.6) is 0 Å². The van der Waals surface area contributed by atoms with Gasteiger partial charge < -0.3 is 23.5 Å². The van der Waals surface area contributed by atoms with Crippen LogP contribution in [0.25, 0.3) is 11.0 Å². The summed E-state index contributed by atoms with van der Waals surface area (Å²) in [5.74, 6) is -1.97. The van der Waals surface area contributed by atoms with Crippen molar-refractivity contribution in [2.24, 2.45) is 0 Å². The molecule has 0 radical (unpaired) electrons. The lowest BCUT2D eigenvalue weighted by atomic mass is 9.97. The van der Waals surface area contributed by atoms with E-state index in [0.29, 0.717) is 11.0 Å². The predicted octanol–water partition coefficient (Wildman–Crippen LogP) is 6.03. The normalized spacial score (nSPS) is 23.7. The third kappa shape index (κ3) is 5.42. The maximum atomic E-state index is 13.4. The predicted molar refractivity (Wildman–Crippen MR) is 143 cm³/mol. The number of benzene rings is 2. The molecular formula is C28H22ClF3N4O7. The monoisotopic (exact) mass is 618 g/mol. The van der Waals surface area contributed by atoms with Gasteiger partial charge >= 0.3 is 12.1 Å². The molecule has 4 heterocycles. The molecule has 0 amide bonds. The molecule has 2 aromatic carbocycles. The third-order valence-electron chi connectivity index (χ3n) is 7.21. The van der Waals surface area contributed by atoms with Gasteiger partial charge in [-0.25, -0.2) is 14.8 Å². The average molecular weight is 619 g/mol. The topological polar surface area (TPSA) is 128 Å². The highest BCUT2D eigenvalue weighted by Gasteiger charge is 2.59. The number of esters is 1. The van der Waals surface area contributed by atoms with Crippen LogP contribution in [0, 0.1) is 10.1 Å². The number of aromatic nitrogens is 3. The van der Waals surface area contributed by atoms with Gasteiger partial charge in [-0.1, -0.05) is 23.7 Å². The van der Waals surface area contributed by atoms with Crippen molar-refractivity contribution in [3.63, 3.8) is 0 Å². The summed E-state index contributed by atoms with van der Waals surface area (Å²) in [5, 5.41) is 11.8. The Morgan fingerprint density at radius 3 is 2.40 bits per heavy atom. The van der Waals surface area contributed by atoms with Crippen molar-refractivity contribution < 1.29 is 41.8 Å². The number of non-ortho nitro benzene ring substituents is 1. The first kappa shape index (κ1) is 29.0. The number of halogens is 4. The van der Waals surface area contributed by atoms with Crippen molar-refractivity contribution in [1.29, 1.82) is 0 Å². The molecule has 1 unspecified atom stereocenters. The minimum Gasteiger partial charge on any atom is -0.451 e. The van der Waals surface area contributed by atoms with Crippen LogP contribution < -0.4 is 0 Å². The Balaban J connectivity index is 1.40. The fourth-order valence-corrected chi connectivity index (χ4v) is 5.50. The first-order valence-corrected chi connectivity index (χ1v) is 13.3. The maximum Gasteiger partial charge on any atom is 0.416 e. The molecule has 0 saturated carbocycles. The molecule has 2 fully saturated rings. The van der Waals surface area contributed by atoms with Gasteiger partial charge in [-0.15, -0.1) is 0 Å². The van der Waals surface area contributed by atoms with E-state index in [2.05, 4.69) is 9.97 Å². The van der Waals surface area contributed by atoms with Crippen LogP contribution >= 0.6 is 11.6 Å². The zero-order valence-corrected chi connectivity index (χ0v) is 23.2. The van der Waals surface area contributed by atoms with E-state index < -0.39 is 59.1 Å². The number of fused-ring (bicyclic) bond motifs is 2. The molecule has 2 saturated heterocycles. The van der Waals surface area contributed by atoms with Crippen LogP contribution in [0.1, 0.15) is 47.7 Å². The number of hydrogen-bond donors (Lipinski definition) is 0. The first-order chi connectivity index (χ1) is 20.3. The second-order valence-corrected chi connectivity index (χ2v) is 10.8. The van der Waals surface area contributed by atoms with Crippen LogP contribution in [0.4, 0.5) is 18.9 Å². The summed E-state index contributed by atoms with van der Waals surface area (Å²) >= 11 is 6.24. The molecule has 0 bridgehead atoms. The maximum absolute atomic E-state index is 13.4.